The molecule has 0 saturated carbocycles. The number of primary sulfonamides is 1. The minimum atomic E-state index is -3.96. The van der Waals surface area contributed by atoms with Crippen molar-refractivity contribution in [2.75, 3.05) is 6.61 Å². The van der Waals surface area contributed by atoms with Crippen LogP contribution in [0.4, 0.5) is 0 Å². The van der Waals surface area contributed by atoms with Crippen molar-refractivity contribution in [1.82, 2.24) is 0 Å². The fourth-order valence-corrected chi connectivity index (χ4v) is 1.79. The van der Waals surface area contributed by atoms with Crippen molar-refractivity contribution in [1.29, 1.82) is 0 Å². The molecule has 0 aliphatic carbocycles. The lowest BCUT2D eigenvalue weighted by molar-refractivity contribution is -0.121. The molecule has 9 heteroatoms. The lowest BCUT2D eigenvalue weighted by atomic mass is 10.2. The predicted octanol–water partition coefficient (Wildman–Crippen LogP) is -0.370. The average molecular weight is 293 g/mol. The number of nitrogens with two attached hydrogens (primary N) is 2. The van der Waals surface area contributed by atoms with Gasteiger partial charge in [-0.05, 0) is 18.2 Å². The van der Waals surface area contributed by atoms with E-state index in [1.807, 2.05) is 0 Å². The van der Waals surface area contributed by atoms with Gasteiger partial charge in [-0.2, -0.15) is 0 Å². The number of primary amides is 1. The van der Waals surface area contributed by atoms with Gasteiger partial charge in [0.2, 0.25) is 10.0 Å². The first-order valence-electron chi connectivity index (χ1n) is 4.49. The van der Waals surface area contributed by atoms with Gasteiger partial charge < -0.3 is 10.5 Å². The first kappa shape index (κ1) is 14.4. The van der Waals surface area contributed by atoms with Crippen molar-refractivity contribution in [2.24, 2.45) is 10.9 Å². The summed E-state index contributed by atoms with van der Waals surface area (Å²) in [5, 5.41) is 4.87. The van der Waals surface area contributed by atoms with E-state index < -0.39 is 28.5 Å². The first-order valence-corrected chi connectivity index (χ1v) is 6.42. The third kappa shape index (κ3) is 3.69. The largest absolute Gasteiger partial charge is 0.452 e. The highest BCUT2D eigenvalue weighted by Gasteiger charge is 2.17. The number of benzene rings is 1. The molecule has 0 spiro atoms. The fraction of sp³-hybridized carbons (Fsp3) is 0.111. The molecule has 0 fully saturated rings. The summed E-state index contributed by atoms with van der Waals surface area (Å²) in [6, 6.07) is 3.28. The highest BCUT2D eigenvalue weighted by molar-refractivity contribution is 7.89. The van der Waals surface area contributed by atoms with E-state index in [1.165, 1.54) is 6.07 Å². The third-order valence-electron chi connectivity index (χ3n) is 1.83. The van der Waals surface area contributed by atoms with Crippen molar-refractivity contribution in [3.63, 3.8) is 0 Å². The highest BCUT2D eigenvalue weighted by Crippen LogP contribution is 2.20. The van der Waals surface area contributed by atoms with E-state index in [9.17, 15) is 18.0 Å². The molecule has 0 bridgehead atoms. The van der Waals surface area contributed by atoms with Crippen LogP contribution >= 0.6 is 11.6 Å². The zero-order valence-electron chi connectivity index (χ0n) is 8.92. The summed E-state index contributed by atoms with van der Waals surface area (Å²) in [4.78, 5) is 21.6. The maximum Gasteiger partial charge on any atom is 0.340 e. The zero-order valence-corrected chi connectivity index (χ0v) is 10.5. The van der Waals surface area contributed by atoms with Crippen molar-refractivity contribution in [3.8, 4) is 0 Å². The van der Waals surface area contributed by atoms with Crippen LogP contribution in [0.2, 0.25) is 5.02 Å². The maximum absolute atomic E-state index is 11.5. The molecule has 18 heavy (non-hydrogen) atoms. The second-order valence-corrected chi connectivity index (χ2v) is 5.20. The molecule has 0 aromatic heterocycles. The van der Waals surface area contributed by atoms with Gasteiger partial charge in [-0.25, -0.2) is 18.4 Å². The molecule has 1 aromatic rings. The normalized spacial score (nSPS) is 11.0. The Morgan fingerprint density at radius 1 is 1.33 bits per heavy atom. The molecule has 0 radical (unpaired) electrons. The minimum absolute atomic E-state index is 0.0307. The van der Waals surface area contributed by atoms with Crippen molar-refractivity contribution in [2.45, 2.75) is 4.90 Å². The molecule has 0 aliphatic rings. The third-order valence-corrected chi connectivity index (χ3v) is 3.07. The number of carbonyl (C=O) groups is 2. The Labute approximate surface area is 108 Å². The Balaban J connectivity index is 3.08. The van der Waals surface area contributed by atoms with Gasteiger partial charge in [0.25, 0.3) is 5.91 Å². The minimum Gasteiger partial charge on any atom is -0.452 e. The molecule has 0 heterocycles. The maximum atomic E-state index is 11.5. The van der Waals surface area contributed by atoms with E-state index in [-0.39, 0.29) is 15.5 Å². The lowest BCUT2D eigenvalue weighted by Gasteiger charge is -2.06. The summed E-state index contributed by atoms with van der Waals surface area (Å²) in [5.41, 5.74) is 4.57. The molecule has 1 rings (SSSR count). The Kier molecular flexibility index (Phi) is 4.28. The number of esters is 1. The van der Waals surface area contributed by atoms with E-state index in [0.717, 1.165) is 12.1 Å². The van der Waals surface area contributed by atoms with Gasteiger partial charge in [0.15, 0.2) is 6.61 Å². The number of sulfonamides is 1. The SMILES string of the molecule is NC(=O)COC(=O)c1cc(S(N)(=O)=O)ccc1Cl. The van der Waals surface area contributed by atoms with Gasteiger partial charge in [0, 0.05) is 0 Å². The molecular weight excluding hydrogens is 284 g/mol. The van der Waals surface area contributed by atoms with Gasteiger partial charge in [-0.15, -0.1) is 0 Å². The summed E-state index contributed by atoms with van der Waals surface area (Å²) >= 11 is 5.70. The monoisotopic (exact) mass is 292 g/mol. The Morgan fingerprint density at radius 3 is 2.44 bits per heavy atom. The van der Waals surface area contributed by atoms with Crippen molar-refractivity contribution < 1.29 is 22.7 Å². The average Bonchev–Trinajstić information content (AvgIpc) is 2.24. The summed E-state index contributed by atoms with van der Waals surface area (Å²) < 4.78 is 26.7. The summed E-state index contributed by atoms with van der Waals surface area (Å²) in [5.74, 6) is -1.81. The van der Waals surface area contributed by atoms with E-state index in [2.05, 4.69) is 4.74 Å². The molecule has 1 aromatic carbocycles. The van der Waals surface area contributed by atoms with Crippen LogP contribution in [0.1, 0.15) is 10.4 Å². The zero-order chi connectivity index (χ0) is 13.9. The van der Waals surface area contributed by atoms with Crippen LogP contribution in [0, 0.1) is 0 Å². The van der Waals surface area contributed by atoms with Gasteiger partial charge in [-0.3, -0.25) is 4.79 Å². The standard InChI is InChI=1S/C9H9ClN2O5S/c10-7-2-1-5(18(12,15)16)3-6(7)9(14)17-4-8(11)13/h1-3H,4H2,(H2,11,13)(H2,12,15,16). The second-order valence-electron chi connectivity index (χ2n) is 3.23. The topological polar surface area (TPSA) is 130 Å². The van der Waals surface area contributed by atoms with E-state index >= 15 is 0 Å². The number of hydrogen-bond donors (Lipinski definition) is 2. The van der Waals surface area contributed by atoms with E-state index in [1.54, 1.807) is 0 Å². The Hall–Kier alpha value is -1.64. The van der Waals surface area contributed by atoms with Crippen LogP contribution in [0.25, 0.3) is 0 Å². The number of rotatable bonds is 4. The molecule has 0 saturated heterocycles. The summed E-state index contributed by atoms with van der Waals surface area (Å²) in [7, 11) is -3.96. The number of halogens is 1. The summed E-state index contributed by atoms with van der Waals surface area (Å²) in [6.07, 6.45) is 0. The van der Waals surface area contributed by atoms with Crippen LogP contribution in [-0.4, -0.2) is 26.9 Å². The molecule has 0 atom stereocenters. The second kappa shape index (κ2) is 5.34. The smallest absolute Gasteiger partial charge is 0.340 e. The van der Waals surface area contributed by atoms with Gasteiger partial charge in [-0.1, -0.05) is 11.6 Å². The molecule has 1 amide bonds. The van der Waals surface area contributed by atoms with Crippen LogP contribution in [0.5, 0.6) is 0 Å². The Bertz CT molecular complexity index is 599. The van der Waals surface area contributed by atoms with Crippen molar-refractivity contribution in [3.05, 3.63) is 28.8 Å². The molecular formula is C9H9ClN2O5S. The predicted molar refractivity (Wildman–Crippen MR) is 62.3 cm³/mol. The quantitative estimate of drug-likeness (QED) is 0.731. The number of carbonyl (C=O) groups excluding carboxylic acids is 2. The highest BCUT2D eigenvalue weighted by atomic mass is 35.5. The van der Waals surface area contributed by atoms with Crippen molar-refractivity contribution >= 4 is 33.5 Å². The molecule has 0 aliphatic heterocycles. The lowest BCUT2D eigenvalue weighted by Crippen LogP contribution is -2.21. The molecule has 98 valence electrons. The van der Waals surface area contributed by atoms with Gasteiger partial charge in [0.1, 0.15) is 0 Å². The number of ether oxygens (including phenoxy) is 1. The number of hydrogen-bond acceptors (Lipinski definition) is 5. The van der Waals surface area contributed by atoms with E-state index in [4.69, 9.17) is 22.5 Å². The summed E-state index contributed by atoms with van der Waals surface area (Å²) in [6.45, 7) is -0.630. The van der Waals surface area contributed by atoms with E-state index in [0.29, 0.717) is 0 Å². The fourth-order valence-electron chi connectivity index (χ4n) is 1.05. The van der Waals surface area contributed by atoms with Crippen LogP contribution in [-0.2, 0) is 19.6 Å². The van der Waals surface area contributed by atoms with Crippen LogP contribution in [0.3, 0.4) is 0 Å². The van der Waals surface area contributed by atoms with Crippen LogP contribution < -0.4 is 10.9 Å². The van der Waals surface area contributed by atoms with Gasteiger partial charge in [0.05, 0.1) is 15.5 Å². The molecule has 4 N–H and O–H groups in total. The van der Waals surface area contributed by atoms with Gasteiger partial charge >= 0.3 is 5.97 Å². The first-order chi connectivity index (χ1) is 8.21. The number of amides is 1. The Morgan fingerprint density at radius 2 is 1.94 bits per heavy atom. The molecule has 7 nitrogen and oxygen atoms in total. The molecule has 0 unspecified atom stereocenters. The van der Waals surface area contributed by atoms with Crippen LogP contribution in [0.15, 0.2) is 23.1 Å².